The van der Waals surface area contributed by atoms with Gasteiger partial charge in [-0.1, -0.05) is 17.7 Å². The van der Waals surface area contributed by atoms with Crippen LogP contribution in [0.3, 0.4) is 0 Å². The van der Waals surface area contributed by atoms with Gasteiger partial charge in [0, 0.05) is 12.3 Å². The summed E-state index contributed by atoms with van der Waals surface area (Å²) in [4.78, 5) is 0. The molecule has 1 N–H and O–H groups in total. The molecule has 9 heteroatoms. The number of aryl methyl sites for hydroxylation is 2. The quantitative estimate of drug-likeness (QED) is 0.754. The maximum Gasteiger partial charge on any atom is 0.271 e. The number of halogens is 1. The van der Waals surface area contributed by atoms with E-state index in [0.717, 1.165) is 16.9 Å². The molecule has 0 aliphatic rings. The molecule has 0 aliphatic carbocycles. The van der Waals surface area contributed by atoms with Crippen molar-refractivity contribution in [2.24, 2.45) is 0 Å². The van der Waals surface area contributed by atoms with Crippen molar-refractivity contribution in [3.8, 4) is 11.5 Å². The molecule has 0 fully saturated rings. The van der Waals surface area contributed by atoms with Crippen molar-refractivity contribution < 1.29 is 12.8 Å². The second-order valence-electron chi connectivity index (χ2n) is 4.87. The normalized spacial score (nSPS) is 11.6. The number of sulfonamides is 1. The number of aromatic nitrogens is 2. The smallest absolute Gasteiger partial charge is 0.271 e. The van der Waals surface area contributed by atoms with Crippen LogP contribution in [0.25, 0.3) is 11.5 Å². The van der Waals surface area contributed by atoms with Crippen LogP contribution in [0.2, 0.25) is 5.02 Å². The average Bonchev–Trinajstić information content (AvgIpc) is 3.10. The number of hydrogen-bond acceptors (Lipinski definition) is 6. The number of anilines is 1. The molecule has 0 bridgehead atoms. The van der Waals surface area contributed by atoms with E-state index in [0.29, 0.717) is 22.2 Å². The minimum Gasteiger partial charge on any atom is -0.421 e. The first-order chi connectivity index (χ1) is 10.8. The standard InChI is InChI=1S/C14H12ClN3O3S2/c1-8-3-4-12(11(15)5-8)18-23(19,20)13-6-10(7-22-13)14-17-16-9(2)21-14/h3-7,18H,1-2H3. The average molecular weight is 370 g/mol. The first-order valence-corrected chi connectivity index (χ1v) is 9.27. The fourth-order valence-electron chi connectivity index (χ4n) is 1.88. The lowest BCUT2D eigenvalue weighted by molar-refractivity contribution is 0.533. The van der Waals surface area contributed by atoms with Crippen molar-refractivity contribution in [1.82, 2.24) is 10.2 Å². The molecule has 1 aromatic carbocycles. The van der Waals surface area contributed by atoms with Gasteiger partial charge in [-0.2, -0.15) is 0 Å². The molecule has 0 saturated heterocycles. The molecule has 2 aromatic heterocycles. The van der Waals surface area contributed by atoms with Crippen molar-refractivity contribution in [2.75, 3.05) is 4.72 Å². The van der Waals surface area contributed by atoms with E-state index in [1.807, 2.05) is 6.92 Å². The van der Waals surface area contributed by atoms with E-state index in [-0.39, 0.29) is 10.1 Å². The monoisotopic (exact) mass is 369 g/mol. The van der Waals surface area contributed by atoms with Crippen molar-refractivity contribution in [3.05, 3.63) is 46.1 Å². The molecule has 0 amide bonds. The van der Waals surface area contributed by atoms with E-state index in [1.165, 1.54) is 6.07 Å². The number of nitrogens with one attached hydrogen (secondary N) is 1. The number of benzene rings is 1. The first kappa shape index (κ1) is 16.0. The van der Waals surface area contributed by atoms with Gasteiger partial charge in [-0.3, -0.25) is 4.72 Å². The third-order valence-electron chi connectivity index (χ3n) is 2.98. The Morgan fingerprint density at radius 1 is 1.22 bits per heavy atom. The highest BCUT2D eigenvalue weighted by molar-refractivity contribution is 7.94. The molecule has 0 radical (unpaired) electrons. The van der Waals surface area contributed by atoms with E-state index in [1.54, 1.807) is 30.5 Å². The zero-order chi connectivity index (χ0) is 16.6. The van der Waals surface area contributed by atoms with Crippen LogP contribution in [0, 0.1) is 13.8 Å². The number of thiophene rings is 1. The largest absolute Gasteiger partial charge is 0.421 e. The van der Waals surface area contributed by atoms with E-state index in [2.05, 4.69) is 14.9 Å². The van der Waals surface area contributed by atoms with Crippen molar-refractivity contribution in [1.29, 1.82) is 0 Å². The van der Waals surface area contributed by atoms with Gasteiger partial charge in [0.25, 0.3) is 10.0 Å². The fourth-order valence-corrected chi connectivity index (χ4v) is 4.45. The van der Waals surface area contributed by atoms with E-state index in [9.17, 15) is 8.42 Å². The summed E-state index contributed by atoms with van der Waals surface area (Å²) in [5.74, 6) is 0.703. The maximum absolute atomic E-state index is 12.5. The predicted octanol–water partition coefficient (Wildman–Crippen LogP) is 3.87. The Morgan fingerprint density at radius 3 is 2.65 bits per heavy atom. The van der Waals surface area contributed by atoms with Gasteiger partial charge in [-0.15, -0.1) is 21.5 Å². The van der Waals surface area contributed by atoms with Crippen LogP contribution >= 0.6 is 22.9 Å². The number of hydrogen-bond donors (Lipinski definition) is 1. The van der Waals surface area contributed by atoms with Crippen LogP contribution in [0.1, 0.15) is 11.5 Å². The molecule has 6 nitrogen and oxygen atoms in total. The van der Waals surface area contributed by atoms with Crippen LogP contribution in [-0.2, 0) is 10.0 Å². The molecule has 0 atom stereocenters. The molecule has 0 aliphatic heterocycles. The van der Waals surface area contributed by atoms with Gasteiger partial charge in [0.2, 0.25) is 11.8 Å². The minimum absolute atomic E-state index is 0.139. The number of nitrogens with zero attached hydrogens (tertiary/aromatic N) is 2. The van der Waals surface area contributed by atoms with Crippen molar-refractivity contribution in [3.63, 3.8) is 0 Å². The highest BCUT2D eigenvalue weighted by Gasteiger charge is 2.20. The summed E-state index contributed by atoms with van der Waals surface area (Å²) in [5.41, 5.74) is 1.84. The van der Waals surface area contributed by atoms with Crippen LogP contribution < -0.4 is 4.72 Å². The minimum atomic E-state index is -3.73. The molecular weight excluding hydrogens is 358 g/mol. The summed E-state index contributed by atoms with van der Waals surface area (Å²) in [6.07, 6.45) is 0. The van der Waals surface area contributed by atoms with Crippen LogP contribution in [0.5, 0.6) is 0 Å². The molecule has 3 aromatic rings. The van der Waals surface area contributed by atoms with Gasteiger partial charge in [0.05, 0.1) is 16.3 Å². The molecule has 0 saturated carbocycles. The van der Waals surface area contributed by atoms with Gasteiger partial charge in [-0.05, 0) is 30.7 Å². The topological polar surface area (TPSA) is 85.1 Å². The van der Waals surface area contributed by atoms with Gasteiger partial charge in [-0.25, -0.2) is 8.42 Å². The Labute approximate surface area is 142 Å². The molecule has 0 unspecified atom stereocenters. The lowest BCUT2D eigenvalue weighted by Crippen LogP contribution is -2.11. The third kappa shape index (κ3) is 3.39. The van der Waals surface area contributed by atoms with Crippen LogP contribution in [0.4, 0.5) is 5.69 Å². The SMILES string of the molecule is Cc1ccc(NS(=O)(=O)c2cc(-c3nnc(C)o3)cs2)c(Cl)c1. The van der Waals surface area contributed by atoms with Gasteiger partial charge in [0.15, 0.2) is 0 Å². The lowest BCUT2D eigenvalue weighted by atomic mass is 10.2. The second kappa shape index (κ2) is 5.95. The molecule has 120 valence electrons. The zero-order valence-electron chi connectivity index (χ0n) is 12.2. The Bertz CT molecular complexity index is 963. The zero-order valence-corrected chi connectivity index (χ0v) is 14.6. The highest BCUT2D eigenvalue weighted by Crippen LogP contribution is 2.31. The summed E-state index contributed by atoms with van der Waals surface area (Å²) >= 11 is 7.14. The summed E-state index contributed by atoms with van der Waals surface area (Å²) in [5, 5.41) is 9.60. The van der Waals surface area contributed by atoms with Crippen molar-refractivity contribution in [2.45, 2.75) is 18.1 Å². The molecule has 23 heavy (non-hydrogen) atoms. The van der Waals surface area contributed by atoms with E-state index in [4.69, 9.17) is 16.0 Å². The third-order valence-corrected chi connectivity index (χ3v) is 6.10. The highest BCUT2D eigenvalue weighted by atomic mass is 35.5. The Balaban J connectivity index is 1.89. The molecule has 0 spiro atoms. The van der Waals surface area contributed by atoms with Crippen molar-refractivity contribution >= 4 is 38.6 Å². The molecule has 2 heterocycles. The number of rotatable bonds is 4. The molecule has 3 rings (SSSR count). The van der Waals surface area contributed by atoms with E-state index < -0.39 is 10.0 Å². The fraction of sp³-hybridized carbons (Fsp3) is 0.143. The van der Waals surface area contributed by atoms with Gasteiger partial charge < -0.3 is 4.42 Å². The van der Waals surface area contributed by atoms with Crippen LogP contribution in [-0.4, -0.2) is 18.6 Å². The Morgan fingerprint density at radius 2 is 2.00 bits per heavy atom. The van der Waals surface area contributed by atoms with Gasteiger partial charge >= 0.3 is 0 Å². The summed E-state index contributed by atoms with van der Waals surface area (Å²) in [6.45, 7) is 3.55. The molecular formula is C14H12ClN3O3S2. The van der Waals surface area contributed by atoms with Crippen LogP contribution in [0.15, 0.2) is 38.3 Å². The van der Waals surface area contributed by atoms with Gasteiger partial charge in [0.1, 0.15) is 4.21 Å². The first-order valence-electron chi connectivity index (χ1n) is 6.53. The maximum atomic E-state index is 12.5. The Hall–Kier alpha value is -1.90. The van der Waals surface area contributed by atoms with E-state index >= 15 is 0 Å². The summed E-state index contributed by atoms with van der Waals surface area (Å²) < 4.78 is 32.8. The lowest BCUT2D eigenvalue weighted by Gasteiger charge is -2.08. The second-order valence-corrected chi connectivity index (χ2v) is 8.10. The summed E-state index contributed by atoms with van der Waals surface area (Å²) in [6, 6.07) is 6.60. The Kier molecular flexibility index (Phi) is 4.13. The summed E-state index contributed by atoms with van der Waals surface area (Å²) in [7, 11) is -3.73. The predicted molar refractivity (Wildman–Crippen MR) is 89.3 cm³/mol.